The summed E-state index contributed by atoms with van der Waals surface area (Å²) in [7, 11) is 0. The minimum atomic E-state index is 0.573. The fraction of sp³-hybridized carbons (Fsp3) is 1.00. The smallest absolute Gasteiger partial charge is 0.0218 e. The van der Waals surface area contributed by atoms with E-state index in [1.54, 1.807) is 0 Å². The maximum atomic E-state index is 3.77. The van der Waals surface area contributed by atoms with Crippen LogP contribution < -0.4 is 10.6 Å². The lowest BCUT2D eigenvalue weighted by Crippen LogP contribution is -2.48. The van der Waals surface area contributed by atoms with Crippen molar-refractivity contribution in [3.8, 4) is 0 Å². The topological polar surface area (TPSA) is 24.1 Å². The van der Waals surface area contributed by atoms with Gasteiger partial charge in [-0.25, -0.2) is 0 Å². The third-order valence-corrected chi connectivity index (χ3v) is 4.52. The molecule has 3 atom stereocenters. The first-order valence-corrected chi connectivity index (χ1v) is 7.04. The van der Waals surface area contributed by atoms with Crippen molar-refractivity contribution in [3.05, 3.63) is 0 Å². The van der Waals surface area contributed by atoms with Gasteiger partial charge in [0, 0.05) is 18.6 Å². The van der Waals surface area contributed by atoms with Crippen LogP contribution in [0.25, 0.3) is 0 Å². The number of piperidine rings is 1. The third-order valence-electron chi connectivity index (χ3n) is 4.52. The molecule has 2 N–H and O–H groups in total. The molecule has 1 saturated heterocycles. The Kier molecular flexibility index (Phi) is 3.91. The van der Waals surface area contributed by atoms with E-state index in [-0.39, 0.29) is 0 Å². The Labute approximate surface area is 101 Å². The molecule has 0 aromatic carbocycles. The van der Waals surface area contributed by atoms with Crippen LogP contribution in [0.15, 0.2) is 0 Å². The summed E-state index contributed by atoms with van der Waals surface area (Å²) in [6.45, 7) is 9.57. The summed E-state index contributed by atoms with van der Waals surface area (Å²) in [4.78, 5) is 0. The lowest BCUT2D eigenvalue weighted by molar-refractivity contribution is 0.278. The fourth-order valence-corrected chi connectivity index (χ4v) is 3.29. The van der Waals surface area contributed by atoms with Crippen LogP contribution in [0.3, 0.4) is 0 Å². The highest BCUT2D eigenvalue weighted by molar-refractivity contribution is 4.88. The van der Waals surface area contributed by atoms with Gasteiger partial charge in [0.2, 0.25) is 0 Å². The summed E-state index contributed by atoms with van der Waals surface area (Å²) >= 11 is 0. The van der Waals surface area contributed by atoms with E-state index in [0.717, 1.165) is 12.0 Å². The molecule has 1 saturated carbocycles. The first-order chi connectivity index (χ1) is 7.57. The zero-order valence-electron chi connectivity index (χ0n) is 11.2. The summed E-state index contributed by atoms with van der Waals surface area (Å²) in [6.07, 6.45) is 6.87. The van der Waals surface area contributed by atoms with Crippen molar-refractivity contribution in [2.45, 2.75) is 65.0 Å². The first-order valence-electron chi connectivity index (χ1n) is 7.04. The van der Waals surface area contributed by atoms with E-state index in [0.29, 0.717) is 11.5 Å². The molecule has 3 unspecified atom stereocenters. The molecule has 2 fully saturated rings. The van der Waals surface area contributed by atoms with E-state index in [9.17, 15) is 0 Å². The fourth-order valence-electron chi connectivity index (χ4n) is 3.29. The van der Waals surface area contributed by atoms with E-state index in [2.05, 4.69) is 31.4 Å². The van der Waals surface area contributed by atoms with Crippen molar-refractivity contribution < 1.29 is 0 Å². The Morgan fingerprint density at radius 2 is 2.12 bits per heavy atom. The summed E-state index contributed by atoms with van der Waals surface area (Å²) in [5, 5.41) is 7.43. The highest BCUT2D eigenvalue weighted by atomic mass is 15.0. The molecule has 2 rings (SSSR count). The van der Waals surface area contributed by atoms with E-state index < -0.39 is 0 Å². The van der Waals surface area contributed by atoms with Crippen LogP contribution in [0.5, 0.6) is 0 Å². The van der Waals surface area contributed by atoms with E-state index in [1.807, 2.05) is 0 Å². The second-order valence-corrected chi connectivity index (χ2v) is 6.69. The van der Waals surface area contributed by atoms with Gasteiger partial charge in [0.25, 0.3) is 0 Å². The normalized spacial score (nSPS) is 38.8. The molecule has 0 amide bonds. The predicted octanol–water partition coefficient (Wildman–Crippen LogP) is 2.54. The van der Waals surface area contributed by atoms with Crippen LogP contribution in [0.2, 0.25) is 0 Å². The van der Waals surface area contributed by atoms with Gasteiger partial charge < -0.3 is 10.6 Å². The van der Waals surface area contributed by atoms with Gasteiger partial charge in [0.15, 0.2) is 0 Å². The summed E-state index contributed by atoms with van der Waals surface area (Å²) in [6, 6.07) is 1.48. The van der Waals surface area contributed by atoms with Crippen molar-refractivity contribution in [3.63, 3.8) is 0 Å². The third kappa shape index (κ3) is 3.21. The van der Waals surface area contributed by atoms with Gasteiger partial charge in [-0.05, 0) is 50.0 Å². The van der Waals surface area contributed by atoms with Crippen molar-refractivity contribution in [2.75, 3.05) is 13.1 Å². The van der Waals surface area contributed by atoms with Gasteiger partial charge in [0.05, 0.1) is 0 Å². The molecule has 0 bridgehead atoms. The Morgan fingerprint density at radius 1 is 1.31 bits per heavy atom. The second-order valence-electron chi connectivity index (χ2n) is 6.69. The number of nitrogens with one attached hydrogen (secondary N) is 2. The van der Waals surface area contributed by atoms with Crippen molar-refractivity contribution in [1.82, 2.24) is 10.6 Å². The van der Waals surface area contributed by atoms with Crippen LogP contribution in [-0.4, -0.2) is 25.2 Å². The summed E-state index contributed by atoms with van der Waals surface area (Å²) in [5.74, 6) is 0.843. The standard InChI is InChI=1S/C14H28N2/c1-11-5-4-8-15-13(11)10-16-12-6-7-14(2,3)9-12/h11-13,15-16H,4-10H2,1-3H3. The van der Waals surface area contributed by atoms with Gasteiger partial charge in [0.1, 0.15) is 0 Å². The Bertz CT molecular complexity index is 225. The van der Waals surface area contributed by atoms with Gasteiger partial charge in [-0.1, -0.05) is 20.8 Å². The molecule has 0 radical (unpaired) electrons. The zero-order chi connectivity index (χ0) is 11.6. The predicted molar refractivity (Wildman–Crippen MR) is 69.6 cm³/mol. The van der Waals surface area contributed by atoms with Crippen LogP contribution in [-0.2, 0) is 0 Å². The molecular weight excluding hydrogens is 196 g/mol. The Balaban J connectivity index is 1.71. The first kappa shape index (κ1) is 12.4. The molecule has 0 aromatic rings. The molecule has 0 aromatic heterocycles. The minimum absolute atomic E-state index is 0.573. The molecule has 1 aliphatic carbocycles. The highest BCUT2D eigenvalue weighted by Crippen LogP contribution is 2.36. The lowest BCUT2D eigenvalue weighted by Gasteiger charge is -2.31. The largest absolute Gasteiger partial charge is 0.312 e. The number of hydrogen-bond acceptors (Lipinski definition) is 2. The molecule has 2 heteroatoms. The SMILES string of the molecule is CC1CCCNC1CNC1CCC(C)(C)C1. The van der Waals surface area contributed by atoms with E-state index in [4.69, 9.17) is 0 Å². The Morgan fingerprint density at radius 3 is 2.75 bits per heavy atom. The molecular formula is C14H28N2. The molecule has 94 valence electrons. The van der Waals surface area contributed by atoms with Gasteiger partial charge in [-0.2, -0.15) is 0 Å². The molecule has 2 nitrogen and oxygen atoms in total. The van der Waals surface area contributed by atoms with Crippen LogP contribution >= 0.6 is 0 Å². The molecule has 2 aliphatic rings. The number of rotatable bonds is 3. The molecule has 1 heterocycles. The molecule has 1 aliphatic heterocycles. The van der Waals surface area contributed by atoms with Gasteiger partial charge in [-0.15, -0.1) is 0 Å². The van der Waals surface area contributed by atoms with Crippen LogP contribution in [0.1, 0.15) is 52.9 Å². The van der Waals surface area contributed by atoms with Crippen molar-refractivity contribution in [1.29, 1.82) is 0 Å². The quantitative estimate of drug-likeness (QED) is 0.770. The van der Waals surface area contributed by atoms with Crippen molar-refractivity contribution in [2.24, 2.45) is 11.3 Å². The molecule has 16 heavy (non-hydrogen) atoms. The lowest BCUT2D eigenvalue weighted by atomic mass is 9.91. The van der Waals surface area contributed by atoms with Crippen molar-refractivity contribution >= 4 is 0 Å². The average Bonchev–Trinajstić information content (AvgIpc) is 2.57. The monoisotopic (exact) mass is 224 g/mol. The zero-order valence-corrected chi connectivity index (χ0v) is 11.2. The van der Waals surface area contributed by atoms with Gasteiger partial charge >= 0.3 is 0 Å². The van der Waals surface area contributed by atoms with Crippen LogP contribution in [0, 0.1) is 11.3 Å². The van der Waals surface area contributed by atoms with E-state index in [1.165, 1.54) is 45.2 Å². The maximum Gasteiger partial charge on any atom is 0.0218 e. The highest BCUT2D eigenvalue weighted by Gasteiger charge is 2.31. The van der Waals surface area contributed by atoms with Gasteiger partial charge in [-0.3, -0.25) is 0 Å². The maximum absolute atomic E-state index is 3.77. The van der Waals surface area contributed by atoms with E-state index >= 15 is 0 Å². The average molecular weight is 224 g/mol. The number of hydrogen-bond donors (Lipinski definition) is 2. The molecule has 0 spiro atoms. The Hall–Kier alpha value is -0.0800. The summed E-state index contributed by atoms with van der Waals surface area (Å²) < 4.78 is 0. The van der Waals surface area contributed by atoms with Crippen LogP contribution in [0.4, 0.5) is 0 Å². The second kappa shape index (κ2) is 5.05. The summed E-state index contributed by atoms with van der Waals surface area (Å²) in [5.41, 5.74) is 0.573. The minimum Gasteiger partial charge on any atom is -0.312 e.